The van der Waals surface area contributed by atoms with E-state index >= 15 is 0 Å². The molecule has 32 heavy (non-hydrogen) atoms. The molecule has 0 aliphatic heterocycles. The van der Waals surface area contributed by atoms with Crippen molar-refractivity contribution in [2.75, 3.05) is 5.32 Å². The molecule has 0 saturated heterocycles. The summed E-state index contributed by atoms with van der Waals surface area (Å²) in [4.78, 5) is 13.5. The van der Waals surface area contributed by atoms with Crippen LogP contribution in [-0.4, -0.2) is 16.1 Å². The topological polar surface area (TPSA) is 54.9 Å². The number of hydrogen-bond donors (Lipinski definition) is 1. The van der Waals surface area contributed by atoms with Crippen LogP contribution in [0.15, 0.2) is 84.4 Å². The fourth-order valence-electron chi connectivity index (χ4n) is 4.62. The minimum Gasteiger partial charge on any atom is -0.300 e. The van der Waals surface area contributed by atoms with Crippen molar-refractivity contribution in [3.05, 3.63) is 112 Å². The maximum absolute atomic E-state index is 13.5. The molecule has 1 N–H and O–H groups in total. The molecule has 1 aliphatic rings. The van der Waals surface area contributed by atoms with Crippen LogP contribution in [0.1, 0.15) is 40.7 Å². The molecule has 5 heteroatoms. The van der Waals surface area contributed by atoms with E-state index in [1.165, 1.54) is 22.5 Å². The molecule has 3 aromatic carbocycles. The predicted molar refractivity (Wildman–Crippen MR) is 130 cm³/mol. The van der Waals surface area contributed by atoms with E-state index in [0.717, 1.165) is 16.7 Å². The molecule has 5 rings (SSSR count). The zero-order valence-electron chi connectivity index (χ0n) is 17.7. The van der Waals surface area contributed by atoms with Crippen LogP contribution in [0, 0.1) is 5.41 Å². The molecule has 2 atom stereocenters. The van der Waals surface area contributed by atoms with Gasteiger partial charge >= 0.3 is 0 Å². The summed E-state index contributed by atoms with van der Waals surface area (Å²) >= 11 is 1.33. The molecule has 4 aromatic rings. The molecular formula is C27H23N3OS. The Morgan fingerprint density at radius 1 is 1.00 bits per heavy atom. The average Bonchev–Trinajstić information content (AvgIpc) is 3.44. The number of fused-ring (bicyclic) bond motifs is 1. The van der Waals surface area contributed by atoms with Gasteiger partial charge in [0, 0.05) is 5.92 Å². The van der Waals surface area contributed by atoms with Gasteiger partial charge < -0.3 is 5.32 Å². The SMILES string of the molecule is CC1(C(=O)Nc2nncs2)Cc2ccc(C=Cc3ccccc3)cc2C1c1ccccc1. The largest absolute Gasteiger partial charge is 0.300 e. The van der Waals surface area contributed by atoms with Crippen molar-refractivity contribution in [1.29, 1.82) is 0 Å². The first-order chi connectivity index (χ1) is 15.6. The van der Waals surface area contributed by atoms with Gasteiger partial charge in [0.05, 0.1) is 5.41 Å². The molecule has 0 bridgehead atoms. The van der Waals surface area contributed by atoms with Crippen molar-refractivity contribution in [2.24, 2.45) is 5.41 Å². The number of carbonyl (C=O) groups excluding carboxylic acids is 1. The highest BCUT2D eigenvalue weighted by Crippen LogP contribution is 2.51. The number of benzene rings is 3. The molecule has 4 nitrogen and oxygen atoms in total. The summed E-state index contributed by atoms with van der Waals surface area (Å²) in [6.07, 6.45) is 4.93. The Balaban J connectivity index is 1.53. The lowest BCUT2D eigenvalue weighted by Gasteiger charge is -2.30. The maximum atomic E-state index is 13.5. The molecule has 1 amide bonds. The first kappa shape index (κ1) is 20.3. The van der Waals surface area contributed by atoms with Gasteiger partial charge in [0.15, 0.2) is 0 Å². The van der Waals surface area contributed by atoms with Crippen molar-refractivity contribution >= 4 is 34.5 Å². The van der Waals surface area contributed by atoms with E-state index in [9.17, 15) is 4.79 Å². The molecule has 1 heterocycles. The van der Waals surface area contributed by atoms with Crippen molar-refractivity contribution < 1.29 is 4.79 Å². The lowest BCUT2D eigenvalue weighted by atomic mass is 9.73. The van der Waals surface area contributed by atoms with Gasteiger partial charge in [0.1, 0.15) is 5.51 Å². The first-order valence-electron chi connectivity index (χ1n) is 10.6. The van der Waals surface area contributed by atoms with Gasteiger partial charge in [-0.2, -0.15) is 0 Å². The van der Waals surface area contributed by atoms with Crippen LogP contribution in [0.4, 0.5) is 5.13 Å². The van der Waals surface area contributed by atoms with Crippen LogP contribution in [0.3, 0.4) is 0 Å². The van der Waals surface area contributed by atoms with Gasteiger partial charge in [0.25, 0.3) is 0 Å². The van der Waals surface area contributed by atoms with E-state index in [2.05, 4.69) is 77.1 Å². The maximum Gasteiger partial charge on any atom is 0.233 e. The predicted octanol–water partition coefficient (Wildman–Crippen LogP) is 6.04. The normalized spacial score (nSPS) is 19.7. The number of rotatable bonds is 5. The molecule has 0 fully saturated rings. The summed E-state index contributed by atoms with van der Waals surface area (Å²) in [7, 11) is 0. The molecule has 0 spiro atoms. The van der Waals surface area contributed by atoms with Crippen LogP contribution < -0.4 is 5.32 Å². The third-order valence-electron chi connectivity index (χ3n) is 6.18. The zero-order valence-corrected chi connectivity index (χ0v) is 18.5. The molecule has 158 valence electrons. The Morgan fingerprint density at radius 2 is 1.72 bits per heavy atom. The van der Waals surface area contributed by atoms with E-state index < -0.39 is 5.41 Å². The van der Waals surface area contributed by atoms with Crippen LogP contribution in [0.2, 0.25) is 0 Å². The molecule has 2 unspecified atom stereocenters. The number of aromatic nitrogens is 2. The van der Waals surface area contributed by atoms with Crippen molar-refractivity contribution in [3.63, 3.8) is 0 Å². The number of hydrogen-bond acceptors (Lipinski definition) is 4. The smallest absolute Gasteiger partial charge is 0.233 e. The molecule has 0 radical (unpaired) electrons. The highest BCUT2D eigenvalue weighted by molar-refractivity contribution is 7.13. The number of amides is 1. The quantitative estimate of drug-likeness (QED) is 0.387. The molecule has 0 saturated carbocycles. The van der Waals surface area contributed by atoms with Gasteiger partial charge in [-0.15, -0.1) is 10.2 Å². The standard InChI is InChI=1S/C27H23N3OS/c1-27(25(31)29-26-30-28-18-32-26)17-22-15-14-20(13-12-19-8-4-2-5-9-19)16-23(22)24(27)21-10-6-3-7-11-21/h2-16,18,24H,17H2,1H3,(H,29,30,31). The van der Waals surface area contributed by atoms with Crippen LogP contribution >= 0.6 is 11.3 Å². The number of nitrogens with one attached hydrogen (secondary N) is 1. The van der Waals surface area contributed by atoms with Crippen molar-refractivity contribution in [3.8, 4) is 0 Å². The zero-order chi connectivity index (χ0) is 22.0. The van der Waals surface area contributed by atoms with Gasteiger partial charge in [-0.3, -0.25) is 4.79 Å². The second-order valence-corrected chi connectivity index (χ2v) is 9.17. The first-order valence-corrected chi connectivity index (χ1v) is 11.5. The monoisotopic (exact) mass is 437 g/mol. The molecular weight excluding hydrogens is 414 g/mol. The summed E-state index contributed by atoms with van der Waals surface area (Å²) in [6.45, 7) is 2.06. The van der Waals surface area contributed by atoms with Gasteiger partial charge in [-0.1, -0.05) is 102 Å². The van der Waals surface area contributed by atoms with Gasteiger partial charge in [0.2, 0.25) is 11.0 Å². The third kappa shape index (κ3) is 3.87. The van der Waals surface area contributed by atoms with Crippen LogP contribution in [0.5, 0.6) is 0 Å². The number of nitrogens with zero attached hydrogens (tertiary/aromatic N) is 2. The lowest BCUT2D eigenvalue weighted by Crippen LogP contribution is -2.37. The minimum atomic E-state index is -0.628. The minimum absolute atomic E-state index is 0.0271. The second kappa shape index (κ2) is 8.52. The molecule has 1 aliphatic carbocycles. The van der Waals surface area contributed by atoms with Gasteiger partial charge in [-0.05, 0) is 41.2 Å². The average molecular weight is 438 g/mol. The van der Waals surface area contributed by atoms with E-state index in [0.29, 0.717) is 11.6 Å². The molecule has 1 aromatic heterocycles. The third-order valence-corrected chi connectivity index (χ3v) is 6.78. The van der Waals surface area contributed by atoms with Crippen LogP contribution in [0.25, 0.3) is 12.2 Å². The van der Waals surface area contributed by atoms with E-state index in [1.807, 2.05) is 36.4 Å². The Kier molecular flexibility index (Phi) is 5.41. The Labute approximate surface area is 191 Å². The van der Waals surface area contributed by atoms with Crippen LogP contribution in [-0.2, 0) is 11.2 Å². The summed E-state index contributed by atoms with van der Waals surface area (Å²) < 4.78 is 0. The van der Waals surface area contributed by atoms with E-state index in [4.69, 9.17) is 0 Å². The highest BCUT2D eigenvalue weighted by Gasteiger charge is 2.48. The van der Waals surface area contributed by atoms with Gasteiger partial charge in [-0.25, -0.2) is 0 Å². The number of carbonyl (C=O) groups is 1. The lowest BCUT2D eigenvalue weighted by molar-refractivity contribution is -0.125. The Hall–Kier alpha value is -3.57. The van der Waals surface area contributed by atoms with E-state index in [1.54, 1.807) is 5.51 Å². The second-order valence-electron chi connectivity index (χ2n) is 8.34. The summed E-state index contributed by atoms with van der Waals surface area (Å²) in [5, 5.41) is 11.4. The number of anilines is 1. The Bertz CT molecular complexity index is 1250. The highest BCUT2D eigenvalue weighted by atomic mass is 32.1. The summed E-state index contributed by atoms with van der Waals surface area (Å²) in [6, 6.07) is 27.1. The Morgan fingerprint density at radius 3 is 2.44 bits per heavy atom. The van der Waals surface area contributed by atoms with Crippen molar-refractivity contribution in [2.45, 2.75) is 19.3 Å². The summed E-state index contributed by atoms with van der Waals surface area (Å²) in [5.41, 5.74) is 6.85. The summed E-state index contributed by atoms with van der Waals surface area (Å²) in [5.74, 6) is -0.0719. The fraction of sp³-hybridized carbons (Fsp3) is 0.148. The van der Waals surface area contributed by atoms with E-state index in [-0.39, 0.29) is 11.8 Å². The fourth-order valence-corrected chi connectivity index (χ4v) is 5.06. The van der Waals surface area contributed by atoms with Crippen molar-refractivity contribution in [1.82, 2.24) is 10.2 Å².